The number of nitrogens with two attached hydrogens (primary N) is 1. The lowest BCUT2D eigenvalue weighted by molar-refractivity contribution is 0.0952. The molecular weight excluding hydrogens is 368 g/mol. The van der Waals surface area contributed by atoms with Crippen LogP contribution in [0.5, 0.6) is 0 Å². The third-order valence-electron chi connectivity index (χ3n) is 5.43. The fourth-order valence-corrected chi connectivity index (χ4v) is 5.32. The third kappa shape index (κ3) is 3.20. The maximum Gasteiger partial charge on any atom is 0.165 e. The molecule has 146 valence electrons. The number of unbranched alkanes of at least 4 members (excludes halogenated alkanes) is 1. The molecule has 4 rings (SSSR count). The summed E-state index contributed by atoms with van der Waals surface area (Å²) in [5.41, 5.74) is 11.2. The first kappa shape index (κ1) is 19.0. The minimum absolute atomic E-state index is 0.262. The van der Waals surface area contributed by atoms with Gasteiger partial charge in [0.1, 0.15) is 12.1 Å². The van der Waals surface area contributed by atoms with Crippen LogP contribution in [0.2, 0.25) is 0 Å². The highest BCUT2D eigenvalue weighted by Crippen LogP contribution is 2.38. The minimum atomic E-state index is 0.262. The number of hydrogen-bond donors (Lipinski definition) is 1. The predicted molar refractivity (Wildman–Crippen MR) is 115 cm³/mol. The number of carbonyl (C=O) groups excluding carboxylic acids is 1. The number of aryl methyl sites for hydroxylation is 1. The van der Waals surface area contributed by atoms with Gasteiger partial charge in [0, 0.05) is 29.3 Å². The van der Waals surface area contributed by atoms with Crippen molar-refractivity contribution in [3.63, 3.8) is 0 Å². The summed E-state index contributed by atoms with van der Waals surface area (Å²) in [6.45, 7) is 6.39. The molecule has 1 aliphatic rings. The van der Waals surface area contributed by atoms with E-state index in [1.807, 2.05) is 24.8 Å². The lowest BCUT2D eigenvalue weighted by Crippen LogP contribution is -2.19. The monoisotopic (exact) mass is 394 g/mol. The summed E-state index contributed by atoms with van der Waals surface area (Å²) in [6, 6.07) is 4.10. The minimum Gasteiger partial charge on any atom is -0.383 e. The van der Waals surface area contributed by atoms with E-state index >= 15 is 0 Å². The highest BCUT2D eigenvalue weighted by Gasteiger charge is 2.29. The number of nitrogen functional groups attached to an aromatic ring is 1. The summed E-state index contributed by atoms with van der Waals surface area (Å²) in [4.78, 5) is 22.5. The van der Waals surface area contributed by atoms with Crippen LogP contribution in [0.15, 0.2) is 29.6 Å². The molecule has 3 aromatic rings. The Morgan fingerprint density at radius 3 is 2.89 bits per heavy atom. The van der Waals surface area contributed by atoms with Gasteiger partial charge in [0.25, 0.3) is 0 Å². The Morgan fingerprint density at radius 2 is 2.11 bits per heavy atom. The van der Waals surface area contributed by atoms with Gasteiger partial charge in [0.2, 0.25) is 0 Å². The quantitative estimate of drug-likeness (QED) is 0.488. The topological polar surface area (TPSA) is 73.8 Å². The van der Waals surface area contributed by atoms with Gasteiger partial charge in [-0.25, -0.2) is 9.97 Å². The molecule has 0 radical (unpaired) electrons. The zero-order chi connectivity index (χ0) is 19.8. The fourth-order valence-electron chi connectivity index (χ4n) is 4.07. The van der Waals surface area contributed by atoms with E-state index in [1.54, 1.807) is 0 Å². The molecule has 2 N–H and O–H groups in total. The highest BCUT2D eigenvalue weighted by atomic mass is 32.2. The van der Waals surface area contributed by atoms with Crippen molar-refractivity contribution < 1.29 is 4.79 Å². The van der Waals surface area contributed by atoms with Gasteiger partial charge >= 0.3 is 0 Å². The van der Waals surface area contributed by atoms with E-state index in [9.17, 15) is 4.79 Å². The molecule has 0 saturated carbocycles. The number of hydrogen-bond acceptors (Lipinski definition) is 5. The molecule has 1 aromatic carbocycles. The van der Waals surface area contributed by atoms with E-state index in [2.05, 4.69) is 40.6 Å². The number of Topliss-reactive ketones (excluding diaryl/α,β-unsaturated/α-hetero) is 1. The molecule has 0 fully saturated rings. The average Bonchev–Trinajstić information content (AvgIpc) is 2.98. The predicted octanol–water partition coefficient (Wildman–Crippen LogP) is 4.97. The first-order chi connectivity index (χ1) is 13.5. The second-order valence-electron chi connectivity index (χ2n) is 7.71. The largest absolute Gasteiger partial charge is 0.383 e. The third-order valence-corrected chi connectivity index (χ3v) is 6.61. The zero-order valence-electron chi connectivity index (χ0n) is 16.7. The number of ketones is 1. The lowest BCUT2D eigenvalue weighted by atomic mass is 9.87. The van der Waals surface area contributed by atoms with Crippen LogP contribution in [0.4, 0.5) is 5.82 Å². The molecular formula is C22H26N4OS. The average molecular weight is 395 g/mol. The molecule has 5 nitrogen and oxygen atoms in total. The number of fused-ring (bicyclic) bond motifs is 2. The van der Waals surface area contributed by atoms with Crippen molar-refractivity contribution in [2.24, 2.45) is 5.92 Å². The Kier molecular flexibility index (Phi) is 5.15. The number of nitrogens with zero attached hydrogens (tertiary/aromatic N) is 3. The maximum atomic E-state index is 12.7. The van der Waals surface area contributed by atoms with Crippen molar-refractivity contribution in [1.29, 1.82) is 0 Å². The highest BCUT2D eigenvalue weighted by molar-refractivity contribution is 7.99. The molecule has 0 spiro atoms. The summed E-state index contributed by atoms with van der Waals surface area (Å²) in [6.07, 6.45) is 7.48. The normalized spacial score (nSPS) is 16.5. The van der Waals surface area contributed by atoms with Gasteiger partial charge in [-0.3, -0.25) is 4.79 Å². The lowest BCUT2D eigenvalue weighted by Gasteiger charge is -2.22. The van der Waals surface area contributed by atoms with Gasteiger partial charge in [0.05, 0.1) is 16.1 Å². The van der Waals surface area contributed by atoms with Crippen molar-refractivity contribution in [3.8, 4) is 5.69 Å². The standard InChI is InChI=1S/C22H26N4OS/c1-4-5-8-28-21-16(7-6-15-20(21)24-12-25-22(15)23)26-11-14(3)19-17(26)9-13(2)10-18(19)27/h6-7,11-13H,4-5,8-10H2,1-3H3,(H2,23,24,25). The fraction of sp³-hybridized carbons (Fsp3) is 0.409. The molecule has 0 saturated heterocycles. The van der Waals surface area contributed by atoms with Gasteiger partial charge in [0.15, 0.2) is 5.78 Å². The van der Waals surface area contributed by atoms with Crippen LogP contribution < -0.4 is 5.73 Å². The summed E-state index contributed by atoms with van der Waals surface area (Å²) in [5.74, 6) is 2.15. The Bertz CT molecular complexity index is 1060. The smallest absolute Gasteiger partial charge is 0.165 e. The number of aromatic nitrogens is 3. The van der Waals surface area contributed by atoms with Crippen molar-refractivity contribution in [2.45, 2.75) is 51.3 Å². The van der Waals surface area contributed by atoms with Gasteiger partial charge in [-0.2, -0.15) is 0 Å². The molecule has 1 atom stereocenters. The Hall–Kier alpha value is -2.34. The van der Waals surface area contributed by atoms with Crippen LogP contribution in [0.1, 0.15) is 54.7 Å². The van der Waals surface area contributed by atoms with E-state index in [0.29, 0.717) is 18.2 Å². The first-order valence-electron chi connectivity index (χ1n) is 9.91. The maximum absolute atomic E-state index is 12.7. The number of thioether (sulfide) groups is 1. The van der Waals surface area contributed by atoms with E-state index in [4.69, 9.17) is 5.73 Å². The van der Waals surface area contributed by atoms with Crippen LogP contribution in [0, 0.1) is 12.8 Å². The Labute approximate surface area is 169 Å². The molecule has 0 bridgehead atoms. The first-order valence-corrected chi connectivity index (χ1v) is 10.9. The number of anilines is 1. The van der Waals surface area contributed by atoms with Gasteiger partial charge in [-0.1, -0.05) is 20.3 Å². The molecule has 6 heteroatoms. The van der Waals surface area contributed by atoms with Crippen molar-refractivity contribution >= 4 is 34.3 Å². The van der Waals surface area contributed by atoms with E-state index in [-0.39, 0.29) is 5.78 Å². The second kappa shape index (κ2) is 7.59. The second-order valence-corrected chi connectivity index (χ2v) is 8.82. The number of rotatable bonds is 5. The zero-order valence-corrected chi connectivity index (χ0v) is 17.5. The van der Waals surface area contributed by atoms with Crippen LogP contribution >= 0.6 is 11.8 Å². The Morgan fingerprint density at radius 1 is 1.29 bits per heavy atom. The summed E-state index contributed by atoms with van der Waals surface area (Å²) < 4.78 is 2.21. The van der Waals surface area contributed by atoms with Crippen LogP contribution in [0.25, 0.3) is 16.6 Å². The number of carbonyl (C=O) groups is 1. The van der Waals surface area contributed by atoms with Crippen molar-refractivity contribution in [1.82, 2.24) is 14.5 Å². The van der Waals surface area contributed by atoms with Gasteiger partial charge < -0.3 is 10.3 Å². The van der Waals surface area contributed by atoms with E-state index in [0.717, 1.165) is 63.3 Å². The summed E-state index contributed by atoms with van der Waals surface area (Å²) in [7, 11) is 0. The molecule has 1 aliphatic carbocycles. The molecule has 0 amide bonds. The van der Waals surface area contributed by atoms with Gasteiger partial charge in [-0.15, -0.1) is 11.8 Å². The van der Waals surface area contributed by atoms with E-state index < -0.39 is 0 Å². The van der Waals surface area contributed by atoms with Crippen LogP contribution in [-0.2, 0) is 6.42 Å². The molecule has 1 unspecified atom stereocenters. The summed E-state index contributed by atoms with van der Waals surface area (Å²) in [5, 5.41) is 0.882. The molecule has 2 aromatic heterocycles. The Balaban J connectivity index is 1.93. The van der Waals surface area contributed by atoms with E-state index in [1.165, 1.54) is 6.33 Å². The molecule has 0 aliphatic heterocycles. The SMILES string of the molecule is CCCCSc1c(-n2cc(C)c3c2CC(C)CC3=O)ccc2c(N)ncnc12. The molecule has 2 heterocycles. The summed E-state index contributed by atoms with van der Waals surface area (Å²) >= 11 is 1.81. The van der Waals surface area contributed by atoms with Crippen LogP contribution in [0.3, 0.4) is 0 Å². The van der Waals surface area contributed by atoms with Crippen molar-refractivity contribution in [3.05, 3.63) is 41.5 Å². The van der Waals surface area contributed by atoms with Crippen LogP contribution in [-0.4, -0.2) is 26.1 Å². The van der Waals surface area contributed by atoms with Crippen molar-refractivity contribution in [2.75, 3.05) is 11.5 Å². The van der Waals surface area contributed by atoms with Gasteiger partial charge in [-0.05, 0) is 49.1 Å². The molecule has 28 heavy (non-hydrogen) atoms. The number of benzene rings is 1.